The number of hydrogen-bond donors (Lipinski definition) is 0. The largest absolute Gasteiger partial charge is 0.516 e. The molecule has 1 aromatic heterocycles. The summed E-state index contributed by atoms with van der Waals surface area (Å²) in [6.45, 7) is 7.89. The monoisotopic (exact) mass is 300 g/mol. The Morgan fingerprint density at radius 1 is 1.00 bits per heavy atom. The van der Waals surface area contributed by atoms with Crippen molar-refractivity contribution in [3.63, 3.8) is 0 Å². The number of halogens is 1. The van der Waals surface area contributed by atoms with Gasteiger partial charge in [0.1, 0.15) is 5.82 Å². The normalized spacial score (nSPS) is 19.4. The van der Waals surface area contributed by atoms with Crippen molar-refractivity contribution in [2.75, 3.05) is 0 Å². The highest BCUT2D eigenvalue weighted by Crippen LogP contribution is 2.36. The zero-order valence-corrected chi connectivity index (χ0v) is 13.1. The van der Waals surface area contributed by atoms with Crippen molar-refractivity contribution in [3.05, 3.63) is 42.5 Å². The first-order valence-electron chi connectivity index (χ1n) is 7.23. The molecule has 2 aromatic rings. The molecule has 0 saturated carbocycles. The molecule has 1 aliphatic heterocycles. The highest BCUT2D eigenvalue weighted by atomic mass is 19.1. The van der Waals surface area contributed by atoms with E-state index in [1.165, 1.54) is 12.3 Å². The number of nitrogens with zero attached hydrogens (tertiary/aromatic N) is 2. The average molecular weight is 300 g/mol. The highest BCUT2D eigenvalue weighted by molar-refractivity contribution is 6.61. The molecule has 0 unspecified atom stereocenters. The topological polar surface area (TPSA) is 44.2 Å². The van der Waals surface area contributed by atoms with Crippen molar-refractivity contribution in [1.29, 1.82) is 0 Å². The van der Waals surface area contributed by atoms with Crippen LogP contribution in [0.25, 0.3) is 11.3 Å². The Balaban J connectivity index is 1.95. The molecule has 0 amide bonds. The summed E-state index contributed by atoms with van der Waals surface area (Å²) >= 11 is 0. The Bertz CT molecular complexity index is 690. The second-order valence-electron chi connectivity index (χ2n) is 6.40. The van der Waals surface area contributed by atoms with Gasteiger partial charge in [-0.1, -0.05) is 12.1 Å². The van der Waals surface area contributed by atoms with Crippen LogP contribution in [-0.2, 0) is 9.31 Å². The van der Waals surface area contributed by atoms with Gasteiger partial charge in [-0.3, -0.25) is 9.97 Å². The zero-order chi connectivity index (χ0) is 16.0. The minimum absolute atomic E-state index is 0.331. The number of aromatic nitrogens is 2. The van der Waals surface area contributed by atoms with Crippen LogP contribution in [0.2, 0.25) is 0 Å². The summed E-state index contributed by atoms with van der Waals surface area (Å²) < 4.78 is 25.8. The molecule has 22 heavy (non-hydrogen) atoms. The maximum absolute atomic E-state index is 13.9. The average Bonchev–Trinajstić information content (AvgIpc) is 2.68. The molecular weight excluding hydrogens is 282 g/mol. The van der Waals surface area contributed by atoms with Crippen LogP contribution in [0.15, 0.2) is 36.7 Å². The Hall–Kier alpha value is -1.79. The molecule has 0 N–H and O–H groups in total. The van der Waals surface area contributed by atoms with E-state index in [1.54, 1.807) is 24.4 Å². The first kappa shape index (κ1) is 15.1. The third-order valence-electron chi connectivity index (χ3n) is 4.30. The zero-order valence-electron chi connectivity index (χ0n) is 13.1. The lowest BCUT2D eigenvalue weighted by molar-refractivity contribution is 0.00578. The van der Waals surface area contributed by atoms with Crippen molar-refractivity contribution in [3.8, 4) is 11.3 Å². The lowest BCUT2D eigenvalue weighted by Gasteiger charge is -2.32. The summed E-state index contributed by atoms with van der Waals surface area (Å²) in [6, 6.07) is 6.48. The number of rotatable bonds is 2. The van der Waals surface area contributed by atoms with Gasteiger partial charge in [0.15, 0.2) is 0 Å². The van der Waals surface area contributed by atoms with Crippen LogP contribution < -0.4 is 5.59 Å². The molecule has 6 heteroatoms. The minimum Gasteiger partial charge on any atom is -0.398 e. The second kappa shape index (κ2) is 5.14. The standard InChI is InChI=1S/C16H18BFN2O2/c1-15(2)16(3,4)22-17(21-15)14-10-19-9-13(20-14)11-7-5-6-8-12(11)18/h5-10H,1-4H3. The lowest BCUT2D eigenvalue weighted by atomic mass is 9.85. The van der Waals surface area contributed by atoms with E-state index >= 15 is 0 Å². The molecule has 1 aromatic carbocycles. The Morgan fingerprint density at radius 2 is 1.64 bits per heavy atom. The van der Waals surface area contributed by atoms with Gasteiger partial charge in [-0.05, 0) is 39.8 Å². The first-order valence-corrected chi connectivity index (χ1v) is 7.23. The van der Waals surface area contributed by atoms with Gasteiger partial charge in [0.25, 0.3) is 0 Å². The Kier molecular flexibility index (Phi) is 3.53. The maximum atomic E-state index is 13.9. The summed E-state index contributed by atoms with van der Waals surface area (Å²) in [7, 11) is -0.607. The Morgan fingerprint density at radius 3 is 2.27 bits per heavy atom. The predicted molar refractivity (Wildman–Crippen MR) is 83.1 cm³/mol. The fourth-order valence-corrected chi connectivity index (χ4v) is 2.26. The molecule has 1 fully saturated rings. The van der Waals surface area contributed by atoms with Gasteiger partial charge >= 0.3 is 7.12 Å². The van der Waals surface area contributed by atoms with Crippen molar-refractivity contribution in [2.24, 2.45) is 0 Å². The van der Waals surface area contributed by atoms with Crippen LogP contribution in [0, 0.1) is 5.82 Å². The molecule has 114 valence electrons. The van der Waals surface area contributed by atoms with E-state index in [1.807, 2.05) is 27.7 Å². The van der Waals surface area contributed by atoms with Crippen molar-refractivity contribution in [1.82, 2.24) is 9.97 Å². The van der Waals surface area contributed by atoms with Crippen LogP contribution in [0.5, 0.6) is 0 Å². The van der Waals surface area contributed by atoms with Gasteiger partial charge in [0.2, 0.25) is 0 Å². The highest BCUT2D eigenvalue weighted by Gasteiger charge is 2.52. The summed E-state index contributed by atoms with van der Waals surface area (Å²) in [5.41, 5.74) is 0.513. The molecule has 0 spiro atoms. The third-order valence-corrected chi connectivity index (χ3v) is 4.30. The smallest absolute Gasteiger partial charge is 0.398 e. The maximum Gasteiger partial charge on any atom is 0.516 e. The third kappa shape index (κ3) is 2.53. The second-order valence-corrected chi connectivity index (χ2v) is 6.40. The SMILES string of the molecule is CC1(C)OB(c2cncc(-c3ccccc3F)n2)OC1(C)C. The number of hydrogen-bond acceptors (Lipinski definition) is 4. The van der Waals surface area contributed by atoms with Gasteiger partial charge in [-0.15, -0.1) is 0 Å². The van der Waals surface area contributed by atoms with Crippen LogP contribution in [0.3, 0.4) is 0 Å². The first-order chi connectivity index (χ1) is 10.3. The van der Waals surface area contributed by atoms with Crippen molar-refractivity contribution in [2.45, 2.75) is 38.9 Å². The van der Waals surface area contributed by atoms with E-state index in [4.69, 9.17) is 9.31 Å². The quantitative estimate of drug-likeness (QED) is 0.800. The summed E-state index contributed by atoms with van der Waals surface area (Å²) in [5, 5.41) is 0. The van der Waals surface area contributed by atoms with E-state index in [9.17, 15) is 4.39 Å². The van der Waals surface area contributed by atoms with Crippen LogP contribution in [0.4, 0.5) is 4.39 Å². The summed E-state index contributed by atoms with van der Waals surface area (Å²) in [5.74, 6) is -0.331. The van der Waals surface area contributed by atoms with E-state index in [0.29, 0.717) is 16.9 Å². The lowest BCUT2D eigenvalue weighted by Crippen LogP contribution is -2.41. The van der Waals surface area contributed by atoms with Gasteiger partial charge < -0.3 is 9.31 Å². The minimum atomic E-state index is -0.607. The van der Waals surface area contributed by atoms with E-state index in [-0.39, 0.29) is 5.82 Å². The van der Waals surface area contributed by atoms with Crippen molar-refractivity contribution >= 4 is 12.7 Å². The predicted octanol–water partition coefficient (Wildman–Crippen LogP) is 2.58. The molecule has 0 aliphatic carbocycles. The molecule has 3 rings (SSSR count). The van der Waals surface area contributed by atoms with E-state index in [0.717, 1.165) is 0 Å². The number of benzene rings is 1. The van der Waals surface area contributed by atoms with Crippen LogP contribution in [-0.4, -0.2) is 28.3 Å². The molecular formula is C16H18BFN2O2. The molecule has 0 atom stereocenters. The van der Waals surface area contributed by atoms with E-state index < -0.39 is 18.3 Å². The Labute approximate surface area is 129 Å². The van der Waals surface area contributed by atoms with E-state index in [2.05, 4.69) is 9.97 Å². The van der Waals surface area contributed by atoms with Crippen LogP contribution >= 0.6 is 0 Å². The summed E-state index contributed by atoms with van der Waals surface area (Å²) in [4.78, 5) is 8.62. The van der Waals surface area contributed by atoms with Crippen molar-refractivity contribution < 1.29 is 13.7 Å². The van der Waals surface area contributed by atoms with Crippen LogP contribution in [0.1, 0.15) is 27.7 Å². The molecule has 4 nitrogen and oxygen atoms in total. The molecule has 1 saturated heterocycles. The molecule has 2 heterocycles. The fourth-order valence-electron chi connectivity index (χ4n) is 2.26. The molecule has 1 aliphatic rings. The summed E-state index contributed by atoms with van der Waals surface area (Å²) in [6.07, 6.45) is 3.12. The van der Waals surface area contributed by atoms with Gasteiger partial charge in [-0.2, -0.15) is 0 Å². The molecule has 0 bridgehead atoms. The van der Waals surface area contributed by atoms with Gasteiger partial charge in [-0.25, -0.2) is 4.39 Å². The fraction of sp³-hybridized carbons (Fsp3) is 0.375. The molecule has 0 radical (unpaired) electrons. The van der Waals surface area contributed by atoms with Gasteiger partial charge in [0, 0.05) is 11.8 Å². The van der Waals surface area contributed by atoms with Gasteiger partial charge in [0.05, 0.1) is 28.7 Å².